The van der Waals surface area contributed by atoms with Gasteiger partial charge in [0.15, 0.2) is 0 Å². The van der Waals surface area contributed by atoms with Crippen molar-refractivity contribution in [3.05, 3.63) is 78.0 Å². The standard InChI is InChI=1S/C19H18N2O2/c1-23-19(22)21-18(14-7-3-2-4-8-14)13-16-12-11-15-9-5-6-10-17(15)20-16/h2-12,18H,13H2,1H3,(H,21,22)/t18-/m1/s1. The maximum Gasteiger partial charge on any atom is 0.407 e. The molecule has 0 unspecified atom stereocenters. The second-order valence-electron chi connectivity index (χ2n) is 5.30. The normalized spacial score (nSPS) is 11.9. The number of ether oxygens (including phenoxy) is 1. The zero-order chi connectivity index (χ0) is 16.1. The second kappa shape index (κ2) is 6.92. The average Bonchev–Trinajstić information content (AvgIpc) is 2.61. The smallest absolute Gasteiger partial charge is 0.407 e. The van der Waals surface area contributed by atoms with E-state index in [2.05, 4.69) is 16.4 Å². The van der Waals surface area contributed by atoms with Crippen LogP contribution in [-0.2, 0) is 11.2 Å². The number of fused-ring (bicyclic) bond motifs is 1. The van der Waals surface area contributed by atoms with Crippen molar-refractivity contribution in [2.45, 2.75) is 12.5 Å². The van der Waals surface area contributed by atoms with Crippen molar-refractivity contribution in [3.63, 3.8) is 0 Å². The predicted molar refractivity (Wildman–Crippen MR) is 90.2 cm³/mol. The summed E-state index contributed by atoms with van der Waals surface area (Å²) in [5.74, 6) is 0. The van der Waals surface area contributed by atoms with Gasteiger partial charge in [-0.25, -0.2) is 4.79 Å². The zero-order valence-electron chi connectivity index (χ0n) is 12.9. The first-order valence-electron chi connectivity index (χ1n) is 7.50. The van der Waals surface area contributed by atoms with Crippen LogP contribution in [0.5, 0.6) is 0 Å². The fourth-order valence-electron chi connectivity index (χ4n) is 2.57. The fourth-order valence-corrected chi connectivity index (χ4v) is 2.57. The molecule has 2 aromatic carbocycles. The van der Waals surface area contributed by atoms with Crippen molar-refractivity contribution >= 4 is 17.0 Å². The fraction of sp³-hybridized carbons (Fsp3) is 0.158. The van der Waals surface area contributed by atoms with Crippen molar-refractivity contribution in [1.82, 2.24) is 10.3 Å². The summed E-state index contributed by atoms with van der Waals surface area (Å²) in [7, 11) is 1.37. The number of nitrogens with one attached hydrogen (secondary N) is 1. The Labute approximate surface area is 135 Å². The molecule has 0 fully saturated rings. The number of para-hydroxylation sites is 1. The van der Waals surface area contributed by atoms with Gasteiger partial charge in [-0.05, 0) is 17.7 Å². The van der Waals surface area contributed by atoms with Crippen molar-refractivity contribution < 1.29 is 9.53 Å². The number of carbonyl (C=O) groups is 1. The predicted octanol–water partition coefficient (Wildman–Crippen LogP) is 3.87. The maximum atomic E-state index is 11.6. The Balaban J connectivity index is 1.88. The molecule has 116 valence electrons. The number of benzene rings is 2. The van der Waals surface area contributed by atoms with Crippen LogP contribution in [0, 0.1) is 0 Å². The molecule has 3 rings (SSSR count). The van der Waals surface area contributed by atoms with E-state index >= 15 is 0 Å². The molecule has 23 heavy (non-hydrogen) atoms. The van der Waals surface area contributed by atoms with Gasteiger partial charge < -0.3 is 10.1 Å². The molecule has 0 radical (unpaired) electrons. The maximum absolute atomic E-state index is 11.6. The summed E-state index contributed by atoms with van der Waals surface area (Å²) in [6.45, 7) is 0. The lowest BCUT2D eigenvalue weighted by molar-refractivity contribution is 0.166. The number of nitrogens with zero attached hydrogens (tertiary/aromatic N) is 1. The number of hydrogen-bond donors (Lipinski definition) is 1. The number of methoxy groups -OCH3 is 1. The van der Waals surface area contributed by atoms with Crippen LogP contribution in [0.1, 0.15) is 17.3 Å². The summed E-state index contributed by atoms with van der Waals surface area (Å²) >= 11 is 0. The van der Waals surface area contributed by atoms with E-state index in [0.717, 1.165) is 22.2 Å². The van der Waals surface area contributed by atoms with Gasteiger partial charge in [0, 0.05) is 17.5 Å². The van der Waals surface area contributed by atoms with Gasteiger partial charge in [-0.15, -0.1) is 0 Å². The van der Waals surface area contributed by atoms with Gasteiger partial charge in [0.2, 0.25) is 0 Å². The summed E-state index contributed by atoms with van der Waals surface area (Å²) in [6, 6.07) is 21.7. The minimum atomic E-state index is -0.445. The first-order valence-corrected chi connectivity index (χ1v) is 7.50. The molecule has 1 N–H and O–H groups in total. The van der Waals surface area contributed by atoms with E-state index in [1.165, 1.54) is 7.11 Å². The molecular formula is C19H18N2O2. The molecule has 0 saturated carbocycles. The van der Waals surface area contributed by atoms with E-state index in [1.807, 2.05) is 60.7 Å². The summed E-state index contributed by atoms with van der Waals surface area (Å²) < 4.78 is 4.74. The minimum Gasteiger partial charge on any atom is -0.453 e. The second-order valence-corrected chi connectivity index (χ2v) is 5.30. The van der Waals surface area contributed by atoms with E-state index in [9.17, 15) is 4.79 Å². The Morgan fingerprint density at radius 3 is 2.57 bits per heavy atom. The Bertz CT molecular complexity index is 803. The van der Waals surface area contributed by atoms with Gasteiger partial charge in [0.1, 0.15) is 0 Å². The molecule has 1 atom stereocenters. The van der Waals surface area contributed by atoms with Crippen molar-refractivity contribution in [3.8, 4) is 0 Å². The topological polar surface area (TPSA) is 51.2 Å². The summed E-state index contributed by atoms with van der Waals surface area (Å²) in [6.07, 6.45) is 0.156. The molecule has 0 aliphatic heterocycles. The van der Waals surface area contributed by atoms with E-state index in [0.29, 0.717) is 6.42 Å². The van der Waals surface area contributed by atoms with Gasteiger partial charge in [-0.3, -0.25) is 4.98 Å². The van der Waals surface area contributed by atoms with Crippen LogP contribution >= 0.6 is 0 Å². The van der Waals surface area contributed by atoms with Crippen LogP contribution in [0.3, 0.4) is 0 Å². The van der Waals surface area contributed by atoms with Crippen LogP contribution in [-0.4, -0.2) is 18.2 Å². The van der Waals surface area contributed by atoms with Gasteiger partial charge in [-0.2, -0.15) is 0 Å². The third-order valence-corrected chi connectivity index (χ3v) is 3.75. The Morgan fingerprint density at radius 1 is 1.04 bits per heavy atom. The number of pyridine rings is 1. The number of aromatic nitrogens is 1. The number of carbonyl (C=O) groups excluding carboxylic acids is 1. The van der Waals surface area contributed by atoms with E-state index in [1.54, 1.807) is 0 Å². The van der Waals surface area contributed by atoms with Crippen molar-refractivity contribution in [1.29, 1.82) is 0 Å². The quantitative estimate of drug-likeness (QED) is 0.796. The molecule has 0 aliphatic rings. The molecule has 4 nitrogen and oxygen atoms in total. The van der Waals surface area contributed by atoms with Gasteiger partial charge in [0.25, 0.3) is 0 Å². The van der Waals surface area contributed by atoms with Crippen LogP contribution in [0.2, 0.25) is 0 Å². The number of alkyl carbamates (subject to hydrolysis) is 1. The molecule has 0 spiro atoms. The Kier molecular flexibility index (Phi) is 4.52. The van der Waals surface area contributed by atoms with Gasteiger partial charge in [-0.1, -0.05) is 54.6 Å². The minimum absolute atomic E-state index is 0.183. The van der Waals surface area contributed by atoms with Crippen LogP contribution in [0.15, 0.2) is 66.7 Å². The largest absolute Gasteiger partial charge is 0.453 e. The molecule has 0 saturated heterocycles. The molecule has 1 aromatic heterocycles. The van der Waals surface area contributed by atoms with E-state index < -0.39 is 6.09 Å². The summed E-state index contributed by atoms with van der Waals surface area (Å²) in [5.41, 5.74) is 2.90. The highest BCUT2D eigenvalue weighted by molar-refractivity contribution is 5.78. The van der Waals surface area contributed by atoms with Crippen LogP contribution < -0.4 is 5.32 Å². The molecule has 4 heteroatoms. The van der Waals surface area contributed by atoms with Crippen LogP contribution in [0.25, 0.3) is 10.9 Å². The van der Waals surface area contributed by atoms with E-state index in [4.69, 9.17) is 4.74 Å². The Morgan fingerprint density at radius 2 is 1.78 bits per heavy atom. The lowest BCUT2D eigenvalue weighted by Gasteiger charge is -2.18. The number of hydrogen-bond acceptors (Lipinski definition) is 3. The van der Waals surface area contributed by atoms with Gasteiger partial charge >= 0.3 is 6.09 Å². The Hall–Kier alpha value is -2.88. The highest BCUT2D eigenvalue weighted by atomic mass is 16.5. The third kappa shape index (κ3) is 3.66. The average molecular weight is 306 g/mol. The molecule has 3 aromatic rings. The third-order valence-electron chi connectivity index (χ3n) is 3.75. The number of amides is 1. The first kappa shape index (κ1) is 15.0. The molecular weight excluding hydrogens is 288 g/mol. The SMILES string of the molecule is COC(=O)N[C@H](Cc1ccc2ccccc2n1)c1ccccc1. The lowest BCUT2D eigenvalue weighted by Crippen LogP contribution is -2.29. The number of rotatable bonds is 4. The monoisotopic (exact) mass is 306 g/mol. The molecule has 1 heterocycles. The van der Waals surface area contributed by atoms with Gasteiger partial charge in [0.05, 0.1) is 18.7 Å². The highest BCUT2D eigenvalue weighted by Crippen LogP contribution is 2.19. The van der Waals surface area contributed by atoms with Crippen LogP contribution in [0.4, 0.5) is 4.79 Å². The molecule has 0 aliphatic carbocycles. The van der Waals surface area contributed by atoms with E-state index in [-0.39, 0.29) is 6.04 Å². The molecule has 1 amide bonds. The van der Waals surface area contributed by atoms with Crippen molar-refractivity contribution in [2.24, 2.45) is 0 Å². The summed E-state index contributed by atoms with van der Waals surface area (Å²) in [4.78, 5) is 16.3. The lowest BCUT2D eigenvalue weighted by atomic mass is 10.0. The first-order chi connectivity index (χ1) is 11.3. The summed E-state index contributed by atoms with van der Waals surface area (Å²) in [5, 5.41) is 3.98. The molecule has 0 bridgehead atoms. The zero-order valence-corrected chi connectivity index (χ0v) is 12.9. The van der Waals surface area contributed by atoms with Crippen molar-refractivity contribution in [2.75, 3.05) is 7.11 Å². The highest BCUT2D eigenvalue weighted by Gasteiger charge is 2.16.